The molecule has 144 valence electrons. The van der Waals surface area contributed by atoms with E-state index in [1.165, 1.54) is 11.3 Å². The predicted molar refractivity (Wildman–Crippen MR) is 109 cm³/mol. The maximum Gasteiger partial charge on any atom is 0.358 e. The van der Waals surface area contributed by atoms with Gasteiger partial charge in [0.05, 0.1) is 10.6 Å². The molecule has 2 aromatic carbocycles. The van der Waals surface area contributed by atoms with Crippen LogP contribution in [-0.4, -0.2) is 32.1 Å². The third-order valence-electron chi connectivity index (χ3n) is 4.18. The molecule has 0 fully saturated rings. The third-order valence-corrected chi connectivity index (χ3v) is 5.29. The molecule has 0 radical (unpaired) electrons. The first kappa shape index (κ1) is 18.4. The third kappa shape index (κ3) is 3.46. The summed E-state index contributed by atoms with van der Waals surface area (Å²) in [6.07, 6.45) is 0. The molecule has 4 rings (SSSR count). The van der Waals surface area contributed by atoms with E-state index in [-0.39, 0.29) is 11.7 Å². The van der Waals surface area contributed by atoms with Gasteiger partial charge in [0.2, 0.25) is 5.75 Å². The van der Waals surface area contributed by atoms with Crippen LogP contribution in [0.1, 0.15) is 20.2 Å². The Balaban J connectivity index is 1.73. The van der Waals surface area contributed by atoms with Gasteiger partial charge >= 0.3 is 5.97 Å². The van der Waals surface area contributed by atoms with Gasteiger partial charge in [-0.1, -0.05) is 30.3 Å². The Morgan fingerprint density at radius 3 is 2.55 bits per heavy atom. The lowest BCUT2D eigenvalue weighted by Gasteiger charge is -2.10. The van der Waals surface area contributed by atoms with Gasteiger partial charge in [-0.2, -0.15) is 0 Å². The van der Waals surface area contributed by atoms with Crippen molar-refractivity contribution in [1.29, 1.82) is 0 Å². The number of aromatic amines is 1. The number of aromatic carboxylic acids is 1. The van der Waals surface area contributed by atoms with Crippen LogP contribution in [0.5, 0.6) is 5.75 Å². The quantitative estimate of drug-likeness (QED) is 0.410. The maximum absolute atomic E-state index is 12.7. The number of carboxylic acid groups (broad SMARTS) is 1. The van der Waals surface area contributed by atoms with E-state index in [0.29, 0.717) is 16.1 Å². The number of fused-ring (bicyclic) bond motifs is 1. The van der Waals surface area contributed by atoms with Crippen LogP contribution in [-0.2, 0) is 0 Å². The number of thiophene rings is 1. The lowest BCUT2D eigenvalue weighted by molar-refractivity contribution is 0.0686. The average molecular weight is 407 g/mol. The summed E-state index contributed by atoms with van der Waals surface area (Å²) in [6, 6.07) is 15.9. The molecule has 0 aliphatic heterocycles. The summed E-state index contributed by atoms with van der Waals surface area (Å²) in [5.74, 6) is -2.95. The highest BCUT2D eigenvalue weighted by molar-refractivity contribution is 7.20. The summed E-state index contributed by atoms with van der Waals surface area (Å²) >= 11 is 1.34. The normalized spacial score (nSPS) is 10.8. The molecule has 0 spiro atoms. The molecule has 9 heteroatoms. The number of aromatic nitrogens is 2. The van der Waals surface area contributed by atoms with Gasteiger partial charge in [-0.25, -0.2) is 9.78 Å². The molecule has 0 bridgehead atoms. The number of hydrogen-bond acceptors (Lipinski definition) is 6. The first-order chi connectivity index (χ1) is 13.9. The number of nitrogens with zero attached hydrogens (tertiary/aromatic N) is 1. The van der Waals surface area contributed by atoms with E-state index in [2.05, 4.69) is 15.3 Å². The van der Waals surface area contributed by atoms with Crippen molar-refractivity contribution in [3.8, 4) is 17.1 Å². The fourth-order valence-corrected chi connectivity index (χ4v) is 3.78. The maximum atomic E-state index is 12.7. The molecule has 0 saturated heterocycles. The highest BCUT2D eigenvalue weighted by atomic mass is 32.1. The molecule has 29 heavy (non-hydrogen) atoms. The van der Waals surface area contributed by atoms with E-state index in [1.807, 2.05) is 24.3 Å². The summed E-state index contributed by atoms with van der Waals surface area (Å²) in [5.41, 5.74) is -1.12. The molecule has 8 nitrogen and oxygen atoms in total. The van der Waals surface area contributed by atoms with Crippen LogP contribution in [0.25, 0.3) is 21.5 Å². The van der Waals surface area contributed by atoms with Crippen LogP contribution in [0.4, 0.5) is 5.69 Å². The molecule has 4 N–H and O–H groups in total. The highest BCUT2D eigenvalue weighted by Crippen LogP contribution is 2.29. The van der Waals surface area contributed by atoms with E-state index in [9.17, 15) is 19.5 Å². The average Bonchev–Trinajstić information content (AvgIpc) is 3.14. The van der Waals surface area contributed by atoms with Gasteiger partial charge in [-0.05, 0) is 29.7 Å². The number of aromatic hydroxyl groups is 1. The van der Waals surface area contributed by atoms with Crippen molar-refractivity contribution in [3.05, 3.63) is 75.5 Å². The number of anilines is 1. The van der Waals surface area contributed by atoms with E-state index in [4.69, 9.17) is 5.11 Å². The summed E-state index contributed by atoms with van der Waals surface area (Å²) in [4.78, 5) is 42.5. The molecule has 0 aliphatic carbocycles. The molecule has 0 unspecified atom stereocenters. The van der Waals surface area contributed by atoms with Gasteiger partial charge in [0.25, 0.3) is 11.5 Å². The van der Waals surface area contributed by atoms with Gasteiger partial charge in [0.1, 0.15) is 5.82 Å². The Labute approximate surface area is 167 Å². The van der Waals surface area contributed by atoms with Crippen LogP contribution < -0.4 is 10.9 Å². The van der Waals surface area contributed by atoms with Crippen LogP contribution in [0.2, 0.25) is 0 Å². The zero-order valence-electron chi connectivity index (χ0n) is 14.7. The Morgan fingerprint density at radius 2 is 1.79 bits per heavy atom. The van der Waals surface area contributed by atoms with Crippen LogP contribution in [0, 0.1) is 0 Å². The van der Waals surface area contributed by atoms with Crippen molar-refractivity contribution in [2.45, 2.75) is 0 Å². The van der Waals surface area contributed by atoms with E-state index in [0.717, 1.165) is 10.1 Å². The topological polar surface area (TPSA) is 132 Å². The van der Waals surface area contributed by atoms with Gasteiger partial charge in [0, 0.05) is 10.3 Å². The first-order valence-electron chi connectivity index (χ1n) is 8.40. The van der Waals surface area contributed by atoms with E-state index in [1.54, 1.807) is 30.3 Å². The SMILES string of the molecule is O=C(Nc1ccccc1-c1nc(C(=O)O)c(O)c(=O)[nH]1)c1cc2ccccc2s1. The monoisotopic (exact) mass is 407 g/mol. The summed E-state index contributed by atoms with van der Waals surface area (Å²) in [6.45, 7) is 0. The number of para-hydroxylation sites is 1. The molecule has 2 heterocycles. The molecule has 1 amide bonds. The minimum absolute atomic E-state index is 0.0857. The first-order valence-corrected chi connectivity index (χ1v) is 9.21. The fourth-order valence-electron chi connectivity index (χ4n) is 2.82. The number of carbonyl (C=O) groups is 2. The highest BCUT2D eigenvalue weighted by Gasteiger charge is 2.19. The second kappa shape index (κ2) is 7.21. The minimum Gasteiger partial charge on any atom is -0.501 e. The van der Waals surface area contributed by atoms with Crippen molar-refractivity contribution in [2.75, 3.05) is 5.32 Å². The van der Waals surface area contributed by atoms with Gasteiger partial charge in [-0.3, -0.25) is 9.59 Å². The second-order valence-corrected chi connectivity index (χ2v) is 7.15. The fraction of sp³-hybridized carbons (Fsp3) is 0. The second-order valence-electron chi connectivity index (χ2n) is 6.07. The summed E-state index contributed by atoms with van der Waals surface area (Å²) in [5, 5.41) is 22.5. The summed E-state index contributed by atoms with van der Waals surface area (Å²) < 4.78 is 0.974. The molecular formula is C20H13N3O5S. The molecule has 0 saturated carbocycles. The largest absolute Gasteiger partial charge is 0.501 e. The Hall–Kier alpha value is -3.98. The molecule has 2 aromatic heterocycles. The molecular weight excluding hydrogens is 394 g/mol. The van der Waals surface area contributed by atoms with Crippen LogP contribution in [0.3, 0.4) is 0 Å². The van der Waals surface area contributed by atoms with Crippen LogP contribution >= 0.6 is 11.3 Å². The number of amides is 1. The Morgan fingerprint density at radius 1 is 1.07 bits per heavy atom. The number of nitrogens with one attached hydrogen (secondary N) is 2. The van der Waals surface area contributed by atoms with Crippen molar-refractivity contribution in [3.63, 3.8) is 0 Å². The van der Waals surface area contributed by atoms with Crippen molar-refractivity contribution < 1.29 is 19.8 Å². The van der Waals surface area contributed by atoms with E-state index < -0.39 is 23.0 Å². The lowest BCUT2D eigenvalue weighted by atomic mass is 10.1. The number of carbonyl (C=O) groups excluding carboxylic acids is 1. The number of rotatable bonds is 4. The molecule has 0 atom stereocenters. The summed E-state index contributed by atoms with van der Waals surface area (Å²) in [7, 11) is 0. The number of H-pyrrole nitrogens is 1. The van der Waals surface area contributed by atoms with E-state index >= 15 is 0 Å². The van der Waals surface area contributed by atoms with Gasteiger partial charge in [0.15, 0.2) is 5.69 Å². The van der Waals surface area contributed by atoms with Gasteiger partial charge in [-0.15, -0.1) is 11.3 Å². The number of hydrogen-bond donors (Lipinski definition) is 4. The lowest BCUT2D eigenvalue weighted by Crippen LogP contribution is -2.16. The standard InChI is InChI=1S/C20H13N3O5S/c24-16-15(20(27)28)22-17(23-19(16)26)11-6-2-3-7-12(11)21-18(25)14-9-10-5-1-4-8-13(10)29-14/h1-9,24H,(H,21,25)(H,27,28)(H,22,23,26). The Bertz CT molecular complexity index is 1290. The smallest absolute Gasteiger partial charge is 0.358 e. The Kier molecular flexibility index (Phi) is 4.57. The van der Waals surface area contributed by atoms with Crippen molar-refractivity contribution in [1.82, 2.24) is 9.97 Å². The number of carboxylic acids is 1. The number of benzene rings is 2. The predicted octanol–water partition coefficient (Wildman–Crippen LogP) is 3.31. The molecule has 0 aliphatic rings. The van der Waals surface area contributed by atoms with Crippen molar-refractivity contribution >= 4 is 39.0 Å². The zero-order chi connectivity index (χ0) is 20.5. The zero-order valence-corrected chi connectivity index (χ0v) is 15.5. The van der Waals surface area contributed by atoms with Crippen LogP contribution in [0.15, 0.2) is 59.4 Å². The van der Waals surface area contributed by atoms with Crippen molar-refractivity contribution in [2.24, 2.45) is 0 Å². The molecule has 4 aromatic rings. The minimum atomic E-state index is -1.54. The van der Waals surface area contributed by atoms with Gasteiger partial charge < -0.3 is 20.5 Å².